The largest absolute Gasteiger partial charge is 0.507 e. The van der Waals surface area contributed by atoms with Crippen molar-refractivity contribution in [3.63, 3.8) is 0 Å². The normalized spacial score (nSPS) is 29.3. The zero-order chi connectivity index (χ0) is 36.8. The Balaban J connectivity index is 0.000000159. The summed E-state index contributed by atoms with van der Waals surface area (Å²) in [4.78, 5) is 30.1. The van der Waals surface area contributed by atoms with E-state index in [1.165, 1.54) is 0 Å². The van der Waals surface area contributed by atoms with Gasteiger partial charge in [0.25, 0.3) is 0 Å². The first-order chi connectivity index (χ1) is 24.0. The van der Waals surface area contributed by atoms with Crippen LogP contribution in [0.15, 0.2) is 72.8 Å². The lowest BCUT2D eigenvalue weighted by molar-refractivity contribution is -0.147. The number of amides is 2. The number of alkyl halides is 1. The summed E-state index contributed by atoms with van der Waals surface area (Å²) in [6.07, 6.45) is 0. The van der Waals surface area contributed by atoms with Gasteiger partial charge in [-0.3, -0.25) is 9.59 Å². The van der Waals surface area contributed by atoms with Crippen molar-refractivity contribution in [2.75, 3.05) is 13.2 Å². The van der Waals surface area contributed by atoms with Crippen molar-refractivity contribution in [1.82, 2.24) is 9.80 Å². The van der Waals surface area contributed by atoms with E-state index < -0.39 is 29.1 Å². The highest BCUT2D eigenvalue weighted by Crippen LogP contribution is 2.56. The van der Waals surface area contributed by atoms with E-state index in [2.05, 4.69) is 13.8 Å². The summed E-state index contributed by atoms with van der Waals surface area (Å²) in [7, 11) is 0. The van der Waals surface area contributed by atoms with Crippen LogP contribution in [0, 0.1) is 30.6 Å². The number of aryl methyl sites for hydroxylation is 1. The molecule has 0 spiro atoms. The fourth-order valence-corrected chi connectivity index (χ4v) is 9.75. The number of aromatic hydroxyl groups is 1. The molecule has 0 bridgehead atoms. The van der Waals surface area contributed by atoms with Gasteiger partial charge in [0.05, 0.1) is 31.2 Å². The van der Waals surface area contributed by atoms with Gasteiger partial charge in [0.1, 0.15) is 17.2 Å². The fraction of sp³-hybridized carbons (Fsp3) is 0.488. The van der Waals surface area contributed by atoms with E-state index in [1.807, 2.05) is 120 Å². The minimum Gasteiger partial charge on any atom is -0.507 e. The summed E-state index contributed by atoms with van der Waals surface area (Å²) in [5.74, 6) is -0.239. The maximum absolute atomic E-state index is 17.0. The lowest BCUT2D eigenvalue weighted by atomic mass is 9.74. The molecule has 51 heavy (non-hydrogen) atoms. The number of fused-ring (bicyclic) bond motifs is 4. The number of hydrogen-bond acceptors (Lipinski definition) is 5. The smallest absolute Gasteiger partial charge is 0.232 e. The van der Waals surface area contributed by atoms with Gasteiger partial charge < -0.3 is 24.4 Å². The van der Waals surface area contributed by atoms with Crippen LogP contribution < -0.4 is 0 Å². The molecule has 0 radical (unpaired) electrons. The van der Waals surface area contributed by atoms with E-state index in [4.69, 9.17) is 9.47 Å². The van der Waals surface area contributed by atoms with Gasteiger partial charge in [-0.25, -0.2) is 4.39 Å². The second kappa shape index (κ2) is 12.3. The average molecular weight is 695 g/mol. The Morgan fingerprint density at radius 2 is 1.31 bits per heavy atom. The molecule has 8 rings (SSSR count). The second-order valence-electron chi connectivity index (χ2n) is 16.5. The highest BCUT2D eigenvalue weighted by molar-refractivity contribution is 5.94. The first kappa shape index (κ1) is 35.4. The maximum atomic E-state index is 17.0. The number of phenols is 1. The molecular formula is C43H51FN2O5. The molecule has 2 unspecified atom stereocenters. The number of benzene rings is 4. The summed E-state index contributed by atoms with van der Waals surface area (Å²) in [6.45, 7) is 18.6. The Kier molecular flexibility index (Phi) is 8.54. The number of phenolic OH excluding ortho intramolecular Hbond substituents is 1. The molecule has 4 aliphatic heterocycles. The molecule has 4 fully saturated rings. The van der Waals surface area contributed by atoms with Crippen molar-refractivity contribution in [1.29, 1.82) is 0 Å². The number of carbonyl (C=O) groups excluding carboxylic acids is 2. The second-order valence-corrected chi connectivity index (χ2v) is 16.5. The predicted molar refractivity (Wildman–Crippen MR) is 198 cm³/mol. The van der Waals surface area contributed by atoms with Crippen LogP contribution in [0.2, 0.25) is 0 Å². The van der Waals surface area contributed by atoms with Crippen molar-refractivity contribution in [2.45, 2.75) is 97.4 Å². The van der Waals surface area contributed by atoms with E-state index in [0.29, 0.717) is 12.2 Å². The molecule has 0 saturated carbocycles. The Morgan fingerprint density at radius 3 is 1.96 bits per heavy atom. The van der Waals surface area contributed by atoms with E-state index in [0.717, 1.165) is 32.7 Å². The molecule has 0 aromatic heterocycles. The lowest BCUT2D eigenvalue weighted by Crippen LogP contribution is -2.45. The molecule has 4 aromatic carbocycles. The van der Waals surface area contributed by atoms with Crippen molar-refractivity contribution in [3.05, 3.63) is 89.5 Å². The molecule has 2 amide bonds. The van der Waals surface area contributed by atoms with Gasteiger partial charge in [-0.1, -0.05) is 94.4 Å². The fourth-order valence-electron chi connectivity index (χ4n) is 9.75. The van der Waals surface area contributed by atoms with Gasteiger partial charge in [0.15, 0.2) is 5.67 Å². The van der Waals surface area contributed by atoms with Gasteiger partial charge in [-0.15, -0.1) is 0 Å². The zero-order valence-electron chi connectivity index (χ0n) is 31.2. The van der Waals surface area contributed by atoms with Crippen LogP contribution in [-0.4, -0.2) is 63.5 Å². The number of hydrogen-bond donors (Lipinski definition) is 1. The van der Waals surface area contributed by atoms with Crippen molar-refractivity contribution in [2.24, 2.45) is 23.7 Å². The number of ether oxygens (including phenoxy) is 2. The highest BCUT2D eigenvalue weighted by Gasteiger charge is 2.68. The third kappa shape index (κ3) is 5.27. The van der Waals surface area contributed by atoms with Crippen LogP contribution in [0.1, 0.15) is 78.0 Å². The molecule has 1 N–H and O–H groups in total. The van der Waals surface area contributed by atoms with Crippen LogP contribution in [0.25, 0.3) is 21.5 Å². The quantitative estimate of drug-likeness (QED) is 0.232. The zero-order valence-corrected chi connectivity index (χ0v) is 31.2. The Morgan fingerprint density at radius 1 is 0.725 bits per heavy atom. The Bertz CT molecular complexity index is 2020. The molecule has 0 aliphatic carbocycles. The van der Waals surface area contributed by atoms with Gasteiger partial charge in [-0.05, 0) is 85.4 Å². The SMILES string of the molecule is CC(C)[C@H]1C(=O)N2C(COC2(C)C)[C@H]1c1ccc(O)c2ccccc12.Cc1ccc([C@]2(F)C3COC(C)(C)N3C(=O)[C@@H]2C(C)C)c2ccccc12. The molecule has 4 saturated heterocycles. The Hall–Kier alpha value is -4.01. The molecule has 7 nitrogen and oxygen atoms in total. The highest BCUT2D eigenvalue weighted by atomic mass is 19.1. The first-order valence-corrected chi connectivity index (χ1v) is 18.3. The molecular weight excluding hydrogens is 643 g/mol. The topological polar surface area (TPSA) is 79.3 Å². The lowest BCUT2D eigenvalue weighted by Gasteiger charge is -2.33. The van der Waals surface area contributed by atoms with E-state index in [-0.39, 0.29) is 53.9 Å². The number of nitrogens with zero attached hydrogens (tertiary/aromatic N) is 2. The predicted octanol–water partition coefficient (Wildman–Crippen LogP) is 8.44. The van der Waals surface area contributed by atoms with E-state index in [1.54, 1.807) is 11.0 Å². The maximum Gasteiger partial charge on any atom is 0.232 e. The van der Waals surface area contributed by atoms with Crippen molar-refractivity contribution >= 4 is 33.4 Å². The van der Waals surface area contributed by atoms with E-state index >= 15 is 4.39 Å². The third-order valence-corrected chi connectivity index (χ3v) is 12.0. The van der Waals surface area contributed by atoms with Crippen LogP contribution in [0.5, 0.6) is 5.75 Å². The molecule has 270 valence electrons. The van der Waals surface area contributed by atoms with Crippen LogP contribution >= 0.6 is 0 Å². The van der Waals surface area contributed by atoms with Crippen LogP contribution in [-0.2, 0) is 24.7 Å². The third-order valence-electron chi connectivity index (χ3n) is 12.0. The monoisotopic (exact) mass is 694 g/mol. The summed E-state index contributed by atoms with van der Waals surface area (Å²) in [5.41, 5.74) is -0.252. The molecule has 4 heterocycles. The number of rotatable bonds is 4. The van der Waals surface area contributed by atoms with Gasteiger partial charge in [0, 0.05) is 17.2 Å². The Labute approximate surface area is 300 Å². The van der Waals surface area contributed by atoms with Gasteiger partial charge in [0.2, 0.25) is 11.8 Å². The molecule has 4 aromatic rings. The van der Waals surface area contributed by atoms with Crippen LogP contribution in [0.4, 0.5) is 4.39 Å². The summed E-state index contributed by atoms with van der Waals surface area (Å²) < 4.78 is 28.8. The van der Waals surface area contributed by atoms with E-state index in [9.17, 15) is 14.7 Å². The molecule has 8 heteroatoms. The van der Waals surface area contributed by atoms with Gasteiger partial charge >= 0.3 is 0 Å². The summed E-state index contributed by atoms with van der Waals surface area (Å²) in [5, 5.41) is 14.0. The minimum atomic E-state index is -1.77. The first-order valence-electron chi connectivity index (χ1n) is 18.3. The van der Waals surface area contributed by atoms with Crippen molar-refractivity contribution < 1.29 is 28.6 Å². The summed E-state index contributed by atoms with van der Waals surface area (Å²) in [6, 6.07) is 22.8. The van der Waals surface area contributed by atoms with Crippen molar-refractivity contribution in [3.8, 4) is 5.75 Å². The van der Waals surface area contributed by atoms with Crippen LogP contribution in [0.3, 0.4) is 0 Å². The number of carbonyl (C=O) groups is 2. The molecule has 4 aliphatic rings. The number of halogens is 1. The van der Waals surface area contributed by atoms with Gasteiger partial charge in [-0.2, -0.15) is 0 Å². The average Bonchev–Trinajstić information content (AvgIpc) is 3.75. The molecule has 6 atom stereocenters. The summed E-state index contributed by atoms with van der Waals surface area (Å²) >= 11 is 0. The standard InChI is InChI=1S/C22H26FNO2.C21H25NO3/c1-13(2)19-20(25)24-18(12-26-21(24,4)5)22(19,23)17-11-10-14(3)15-8-6-7-9-16(15)17;1-12(2)18-19(16-11-25-21(3,4)22(16)20(18)24)15-9-10-17(23)14-8-6-5-7-13(14)15/h6-11,13,18-19H,12H2,1-5H3;5-10,12,16,18-19,23H,11H2,1-4H3/t18?,19-,22-;16?,18-,19-/m01/s1. The minimum absolute atomic E-state index is 0.0443.